The molecule has 1 heterocycles. The van der Waals surface area contributed by atoms with Crippen LogP contribution < -0.4 is 4.90 Å². The summed E-state index contributed by atoms with van der Waals surface area (Å²) in [6, 6.07) is 4.11. The molecule has 0 unspecified atom stereocenters. The van der Waals surface area contributed by atoms with Gasteiger partial charge in [-0.25, -0.2) is 4.39 Å². The number of nitrogens with zero attached hydrogens (tertiary/aromatic N) is 1. The van der Waals surface area contributed by atoms with E-state index in [1.165, 1.54) is 18.2 Å². The normalized spacial score (nSPS) is 19.5. The summed E-state index contributed by atoms with van der Waals surface area (Å²) in [6.45, 7) is 4.77. The fraction of sp³-hybridized carbons (Fsp3) is 0.462. The molecule has 0 radical (unpaired) electrons. The van der Waals surface area contributed by atoms with E-state index in [1.54, 1.807) is 4.90 Å². The Morgan fingerprint density at radius 2 is 2.12 bits per heavy atom. The lowest BCUT2D eigenvalue weighted by atomic mass is 9.83. The molecular weight excluding hydrogens is 241 g/mol. The third-order valence-corrected chi connectivity index (χ3v) is 3.42. The highest BCUT2D eigenvalue weighted by atomic mass is 35.5. The largest absolute Gasteiger partial charge is 0.310 e. The zero-order chi connectivity index (χ0) is 12.6. The summed E-state index contributed by atoms with van der Waals surface area (Å²) < 4.78 is 13.2. The number of anilines is 1. The van der Waals surface area contributed by atoms with Gasteiger partial charge >= 0.3 is 0 Å². The molecule has 2 rings (SSSR count). The quantitative estimate of drug-likeness (QED) is 0.750. The number of piperidine rings is 1. The molecule has 1 fully saturated rings. The standard InChI is InChI=1S/C13H15ClFNO/c1-13(2)6-5-12(17)16(8-13)11-7-9(15)3-4-10(11)14/h3-4,7H,5-6,8H2,1-2H3. The maximum absolute atomic E-state index is 13.2. The molecule has 0 saturated carbocycles. The Balaban J connectivity index is 2.37. The number of rotatable bonds is 1. The molecule has 1 aliphatic heterocycles. The van der Waals surface area contributed by atoms with E-state index in [1.807, 2.05) is 0 Å². The lowest BCUT2D eigenvalue weighted by Gasteiger charge is -2.38. The van der Waals surface area contributed by atoms with Crippen LogP contribution in [0.25, 0.3) is 0 Å². The molecule has 0 atom stereocenters. The second kappa shape index (κ2) is 4.30. The molecule has 0 aliphatic carbocycles. The molecule has 1 amide bonds. The van der Waals surface area contributed by atoms with Gasteiger partial charge in [0.2, 0.25) is 5.91 Å². The summed E-state index contributed by atoms with van der Waals surface area (Å²) in [6.07, 6.45) is 1.34. The van der Waals surface area contributed by atoms with Crippen LogP contribution in [0.1, 0.15) is 26.7 Å². The van der Waals surface area contributed by atoms with E-state index in [9.17, 15) is 9.18 Å². The number of halogens is 2. The molecule has 4 heteroatoms. The van der Waals surface area contributed by atoms with Gasteiger partial charge in [0.1, 0.15) is 5.82 Å². The van der Waals surface area contributed by atoms with Crippen LogP contribution in [0.15, 0.2) is 18.2 Å². The molecule has 2 nitrogen and oxygen atoms in total. The van der Waals surface area contributed by atoms with Crippen molar-refractivity contribution in [2.45, 2.75) is 26.7 Å². The number of carbonyl (C=O) groups excluding carboxylic acids is 1. The smallest absolute Gasteiger partial charge is 0.227 e. The van der Waals surface area contributed by atoms with E-state index in [-0.39, 0.29) is 17.1 Å². The summed E-state index contributed by atoms with van der Waals surface area (Å²) >= 11 is 6.03. The summed E-state index contributed by atoms with van der Waals surface area (Å²) in [5.41, 5.74) is 0.522. The highest BCUT2D eigenvalue weighted by Gasteiger charge is 2.32. The van der Waals surface area contributed by atoms with Crippen molar-refractivity contribution in [2.24, 2.45) is 5.41 Å². The first-order chi connectivity index (χ1) is 7.89. The van der Waals surface area contributed by atoms with Crippen molar-refractivity contribution in [3.05, 3.63) is 29.0 Å². The van der Waals surface area contributed by atoms with Gasteiger partial charge in [0, 0.05) is 13.0 Å². The third kappa shape index (κ3) is 2.60. The van der Waals surface area contributed by atoms with E-state index in [0.717, 1.165) is 6.42 Å². The maximum atomic E-state index is 13.2. The molecular formula is C13H15ClFNO. The molecule has 1 aromatic carbocycles. The first-order valence-corrected chi connectivity index (χ1v) is 6.02. The minimum Gasteiger partial charge on any atom is -0.310 e. The molecule has 0 spiro atoms. The zero-order valence-electron chi connectivity index (χ0n) is 9.96. The van der Waals surface area contributed by atoms with Crippen LogP contribution in [-0.2, 0) is 4.79 Å². The average molecular weight is 256 g/mol. The van der Waals surface area contributed by atoms with Gasteiger partial charge in [0.15, 0.2) is 0 Å². The van der Waals surface area contributed by atoms with Crippen molar-refractivity contribution in [2.75, 3.05) is 11.4 Å². The molecule has 1 aliphatic rings. The Kier molecular flexibility index (Phi) is 3.13. The van der Waals surface area contributed by atoms with Crippen LogP contribution >= 0.6 is 11.6 Å². The van der Waals surface area contributed by atoms with Gasteiger partial charge < -0.3 is 4.90 Å². The summed E-state index contributed by atoms with van der Waals surface area (Å²) in [7, 11) is 0. The highest BCUT2D eigenvalue weighted by Crippen LogP contribution is 2.35. The average Bonchev–Trinajstić information content (AvgIpc) is 2.25. The summed E-state index contributed by atoms with van der Waals surface area (Å²) in [4.78, 5) is 13.5. The molecule has 1 saturated heterocycles. The predicted octanol–water partition coefficient (Wildman–Crippen LogP) is 3.63. The van der Waals surface area contributed by atoms with Gasteiger partial charge in [-0.15, -0.1) is 0 Å². The Hall–Kier alpha value is -1.09. The molecule has 0 aromatic heterocycles. The van der Waals surface area contributed by atoms with Crippen molar-refractivity contribution in [3.8, 4) is 0 Å². The van der Waals surface area contributed by atoms with Crippen LogP contribution in [0.3, 0.4) is 0 Å². The second-order valence-electron chi connectivity index (χ2n) is 5.24. The number of hydrogen-bond acceptors (Lipinski definition) is 1. The fourth-order valence-corrected chi connectivity index (χ4v) is 2.31. The minimum absolute atomic E-state index is 0.0109. The molecule has 0 bridgehead atoms. The van der Waals surface area contributed by atoms with Crippen molar-refractivity contribution in [1.82, 2.24) is 0 Å². The van der Waals surface area contributed by atoms with Crippen LogP contribution in [0.2, 0.25) is 5.02 Å². The van der Waals surface area contributed by atoms with Crippen molar-refractivity contribution >= 4 is 23.2 Å². The van der Waals surface area contributed by atoms with Gasteiger partial charge in [-0.2, -0.15) is 0 Å². The molecule has 1 aromatic rings. The summed E-state index contributed by atoms with van der Waals surface area (Å²) in [5.74, 6) is -0.364. The van der Waals surface area contributed by atoms with E-state index >= 15 is 0 Å². The minimum atomic E-state index is -0.374. The summed E-state index contributed by atoms with van der Waals surface area (Å²) in [5, 5.41) is 0.414. The van der Waals surface area contributed by atoms with Gasteiger partial charge in [0.05, 0.1) is 10.7 Å². The number of amides is 1. The van der Waals surface area contributed by atoms with Gasteiger partial charge in [-0.05, 0) is 30.0 Å². The Labute approximate surface area is 105 Å². The van der Waals surface area contributed by atoms with Crippen LogP contribution in [0.5, 0.6) is 0 Å². The number of benzene rings is 1. The maximum Gasteiger partial charge on any atom is 0.227 e. The first-order valence-electron chi connectivity index (χ1n) is 5.64. The lowest BCUT2D eigenvalue weighted by molar-refractivity contribution is -0.120. The van der Waals surface area contributed by atoms with E-state index < -0.39 is 0 Å². The van der Waals surface area contributed by atoms with E-state index in [0.29, 0.717) is 23.7 Å². The highest BCUT2D eigenvalue weighted by molar-refractivity contribution is 6.33. The van der Waals surface area contributed by atoms with Crippen LogP contribution in [0, 0.1) is 11.2 Å². The monoisotopic (exact) mass is 255 g/mol. The Morgan fingerprint density at radius 1 is 1.41 bits per heavy atom. The van der Waals surface area contributed by atoms with Crippen molar-refractivity contribution < 1.29 is 9.18 Å². The fourth-order valence-electron chi connectivity index (χ4n) is 2.09. The molecule has 92 valence electrons. The molecule has 0 N–H and O–H groups in total. The second-order valence-corrected chi connectivity index (χ2v) is 5.65. The van der Waals surface area contributed by atoms with Crippen molar-refractivity contribution in [3.63, 3.8) is 0 Å². The zero-order valence-corrected chi connectivity index (χ0v) is 10.7. The van der Waals surface area contributed by atoms with Gasteiger partial charge in [-0.3, -0.25) is 4.79 Å². The predicted molar refractivity (Wildman–Crippen MR) is 66.8 cm³/mol. The first kappa shape index (κ1) is 12.4. The number of carbonyl (C=O) groups is 1. The SMILES string of the molecule is CC1(C)CCC(=O)N(c2cc(F)ccc2Cl)C1. The van der Waals surface area contributed by atoms with Gasteiger partial charge in [-0.1, -0.05) is 25.4 Å². The molecule has 17 heavy (non-hydrogen) atoms. The van der Waals surface area contributed by atoms with Crippen LogP contribution in [-0.4, -0.2) is 12.5 Å². The van der Waals surface area contributed by atoms with E-state index in [2.05, 4.69) is 13.8 Å². The topological polar surface area (TPSA) is 20.3 Å². The Bertz CT molecular complexity index is 459. The lowest BCUT2D eigenvalue weighted by Crippen LogP contribution is -2.44. The van der Waals surface area contributed by atoms with E-state index in [4.69, 9.17) is 11.6 Å². The van der Waals surface area contributed by atoms with Crippen LogP contribution in [0.4, 0.5) is 10.1 Å². The number of hydrogen-bond donors (Lipinski definition) is 0. The van der Waals surface area contributed by atoms with Crippen molar-refractivity contribution in [1.29, 1.82) is 0 Å². The van der Waals surface area contributed by atoms with Gasteiger partial charge in [0.25, 0.3) is 0 Å². The third-order valence-electron chi connectivity index (χ3n) is 3.10. The Morgan fingerprint density at radius 3 is 2.82 bits per heavy atom.